The molecular formula is C14H18ClN3O2S. The minimum atomic E-state index is -3.57. The number of aromatic amines is 1. The fourth-order valence-electron chi connectivity index (χ4n) is 2.12. The number of nitrogens with zero attached hydrogens (tertiary/aromatic N) is 2. The zero-order chi connectivity index (χ0) is 15.6. The van der Waals surface area contributed by atoms with Crippen molar-refractivity contribution in [1.82, 2.24) is 14.3 Å². The lowest BCUT2D eigenvalue weighted by Gasteiger charge is -2.29. The number of halogens is 1. The van der Waals surface area contributed by atoms with Crippen molar-refractivity contribution in [2.24, 2.45) is 0 Å². The molecule has 1 heterocycles. The molecule has 5 nitrogen and oxygen atoms in total. The molecule has 0 unspecified atom stereocenters. The highest BCUT2D eigenvalue weighted by Gasteiger charge is 2.30. The maximum absolute atomic E-state index is 12.5. The molecule has 2 aromatic rings. The number of imidazole rings is 1. The van der Waals surface area contributed by atoms with Crippen molar-refractivity contribution >= 4 is 21.6 Å². The summed E-state index contributed by atoms with van der Waals surface area (Å²) in [6.45, 7) is 3.88. The van der Waals surface area contributed by atoms with E-state index in [2.05, 4.69) is 9.97 Å². The van der Waals surface area contributed by atoms with Gasteiger partial charge >= 0.3 is 0 Å². The van der Waals surface area contributed by atoms with Crippen LogP contribution in [0.5, 0.6) is 0 Å². The van der Waals surface area contributed by atoms with Gasteiger partial charge in [0.2, 0.25) is 0 Å². The summed E-state index contributed by atoms with van der Waals surface area (Å²) in [6, 6.07) is 7.24. The molecule has 0 aliphatic rings. The highest BCUT2D eigenvalue weighted by Crippen LogP contribution is 2.26. The van der Waals surface area contributed by atoms with Crippen LogP contribution in [0.3, 0.4) is 0 Å². The van der Waals surface area contributed by atoms with Crippen molar-refractivity contribution in [3.05, 3.63) is 47.4 Å². The number of sulfonamides is 1. The quantitative estimate of drug-likeness (QED) is 0.918. The standard InChI is InChI=1S/C14H18ClN3O2S/c1-10(12-4-6-13(15)7-5-12)11(2)18(3)21(19,20)14-8-16-9-17-14/h4-11H,1-3H3,(H,16,17)/t10-,11-/m0/s1. The Balaban J connectivity index is 2.23. The highest BCUT2D eigenvalue weighted by atomic mass is 35.5. The fraction of sp³-hybridized carbons (Fsp3) is 0.357. The number of hydrogen-bond acceptors (Lipinski definition) is 3. The summed E-state index contributed by atoms with van der Waals surface area (Å²) >= 11 is 5.88. The minimum absolute atomic E-state index is 0.0324. The van der Waals surface area contributed by atoms with Crippen molar-refractivity contribution in [3.63, 3.8) is 0 Å². The number of rotatable bonds is 5. The van der Waals surface area contributed by atoms with E-state index in [-0.39, 0.29) is 17.0 Å². The Morgan fingerprint density at radius 3 is 2.38 bits per heavy atom. The lowest BCUT2D eigenvalue weighted by atomic mass is 9.95. The number of nitrogens with one attached hydrogen (secondary N) is 1. The van der Waals surface area contributed by atoms with Gasteiger partial charge in [-0.1, -0.05) is 30.7 Å². The number of likely N-dealkylation sites (N-methyl/N-ethyl adjacent to an activating group) is 1. The first-order valence-corrected chi connectivity index (χ1v) is 8.37. The molecule has 0 spiro atoms. The molecule has 0 aliphatic carbocycles. The Morgan fingerprint density at radius 1 is 1.24 bits per heavy atom. The Morgan fingerprint density at radius 2 is 1.86 bits per heavy atom. The van der Waals surface area contributed by atoms with E-state index < -0.39 is 10.0 Å². The molecule has 21 heavy (non-hydrogen) atoms. The second kappa shape index (κ2) is 6.17. The maximum Gasteiger partial charge on any atom is 0.260 e. The Kier molecular flexibility index (Phi) is 4.70. The van der Waals surface area contributed by atoms with E-state index in [0.717, 1.165) is 5.56 Å². The third-order valence-corrected chi connectivity index (χ3v) is 5.94. The zero-order valence-corrected chi connectivity index (χ0v) is 13.7. The second-order valence-corrected chi connectivity index (χ2v) is 7.42. The van der Waals surface area contributed by atoms with E-state index in [4.69, 9.17) is 11.6 Å². The summed E-state index contributed by atoms with van der Waals surface area (Å²) in [4.78, 5) is 6.41. The molecule has 1 aromatic heterocycles. The Labute approximate surface area is 130 Å². The van der Waals surface area contributed by atoms with Crippen LogP contribution < -0.4 is 0 Å². The molecule has 0 radical (unpaired) electrons. The van der Waals surface area contributed by atoms with Crippen molar-refractivity contribution in [1.29, 1.82) is 0 Å². The predicted molar refractivity (Wildman–Crippen MR) is 82.9 cm³/mol. The molecule has 0 bridgehead atoms. The molecule has 2 rings (SSSR count). The Bertz CT molecular complexity index is 684. The van der Waals surface area contributed by atoms with Gasteiger partial charge in [-0.3, -0.25) is 0 Å². The van der Waals surface area contributed by atoms with Gasteiger partial charge in [-0.05, 0) is 30.5 Å². The lowest BCUT2D eigenvalue weighted by Crippen LogP contribution is -2.38. The number of H-pyrrole nitrogens is 1. The van der Waals surface area contributed by atoms with Crippen LogP contribution in [0.2, 0.25) is 5.02 Å². The molecule has 1 N–H and O–H groups in total. The van der Waals surface area contributed by atoms with Gasteiger partial charge < -0.3 is 4.98 Å². The van der Waals surface area contributed by atoms with Gasteiger partial charge in [-0.2, -0.15) is 4.31 Å². The molecule has 0 aliphatic heterocycles. The average molecular weight is 328 g/mol. The smallest absolute Gasteiger partial charge is 0.260 e. The number of hydrogen-bond donors (Lipinski definition) is 1. The largest absolute Gasteiger partial charge is 0.335 e. The molecule has 0 saturated carbocycles. The van der Waals surface area contributed by atoms with Crippen LogP contribution in [-0.2, 0) is 10.0 Å². The first-order valence-electron chi connectivity index (χ1n) is 6.56. The van der Waals surface area contributed by atoms with Gasteiger partial charge in [0.15, 0.2) is 5.03 Å². The van der Waals surface area contributed by atoms with Gasteiger partial charge in [-0.15, -0.1) is 0 Å². The summed E-state index contributed by atoms with van der Waals surface area (Å²) in [5.41, 5.74) is 1.04. The van der Waals surface area contributed by atoms with Gasteiger partial charge in [-0.25, -0.2) is 13.4 Å². The van der Waals surface area contributed by atoms with E-state index >= 15 is 0 Å². The van der Waals surface area contributed by atoms with Gasteiger partial charge in [0.25, 0.3) is 10.0 Å². The summed E-state index contributed by atoms with van der Waals surface area (Å²) < 4.78 is 26.3. The fourth-order valence-corrected chi connectivity index (χ4v) is 3.57. The van der Waals surface area contributed by atoms with Crippen LogP contribution in [0.1, 0.15) is 25.3 Å². The van der Waals surface area contributed by atoms with Gasteiger partial charge in [0.1, 0.15) is 0 Å². The SMILES string of the molecule is C[C@H](c1ccc(Cl)cc1)[C@H](C)N(C)S(=O)(=O)c1cnc[nH]1. The average Bonchev–Trinajstić information content (AvgIpc) is 3.00. The minimum Gasteiger partial charge on any atom is -0.335 e. The molecular weight excluding hydrogens is 310 g/mol. The third kappa shape index (κ3) is 3.28. The van der Waals surface area contributed by atoms with E-state index in [1.807, 2.05) is 38.1 Å². The van der Waals surface area contributed by atoms with E-state index in [0.29, 0.717) is 5.02 Å². The topological polar surface area (TPSA) is 66.1 Å². The Hall–Kier alpha value is -1.37. The van der Waals surface area contributed by atoms with Crippen molar-refractivity contribution in [3.8, 4) is 0 Å². The van der Waals surface area contributed by atoms with Crippen molar-refractivity contribution in [2.75, 3.05) is 7.05 Å². The van der Waals surface area contributed by atoms with Crippen LogP contribution in [0.25, 0.3) is 0 Å². The third-order valence-electron chi connectivity index (χ3n) is 3.82. The predicted octanol–water partition coefficient (Wildman–Crippen LogP) is 2.88. The summed E-state index contributed by atoms with van der Waals surface area (Å²) in [6.07, 6.45) is 2.67. The van der Waals surface area contributed by atoms with Gasteiger partial charge in [0.05, 0.1) is 12.5 Å². The highest BCUT2D eigenvalue weighted by molar-refractivity contribution is 7.89. The van der Waals surface area contributed by atoms with Crippen LogP contribution >= 0.6 is 11.6 Å². The van der Waals surface area contributed by atoms with Crippen molar-refractivity contribution < 1.29 is 8.42 Å². The number of benzene rings is 1. The number of aromatic nitrogens is 2. The summed E-state index contributed by atoms with van der Waals surface area (Å²) in [5.74, 6) is 0.0324. The second-order valence-electron chi connectivity index (χ2n) is 5.02. The van der Waals surface area contributed by atoms with E-state index in [1.54, 1.807) is 7.05 Å². The van der Waals surface area contributed by atoms with Crippen LogP contribution in [0.15, 0.2) is 41.8 Å². The normalized spacial score (nSPS) is 15.1. The maximum atomic E-state index is 12.5. The van der Waals surface area contributed by atoms with Gasteiger partial charge in [0, 0.05) is 18.1 Å². The molecule has 0 fully saturated rings. The molecule has 0 amide bonds. The zero-order valence-electron chi connectivity index (χ0n) is 12.1. The van der Waals surface area contributed by atoms with Crippen LogP contribution in [0, 0.1) is 0 Å². The van der Waals surface area contributed by atoms with Crippen LogP contribution in [0.4, 0.5) is 0 Å². The monoisotopic (exact) mass is 327 g/mol. The summed E-state index contributed by atoms with van der Waals surface area (Å²) in [7, 11) is -1.99. The first-order chi connectivity index (χ1) is 9.84. The molecule has 0 saturated heterocycles. The molecule has 7 heteroatoms. The molecule has 2 atom stereocenters. The first kappa shape index (κ1) is 16.0. The van der Waals surface area contributed by atoms with Crippen molar-refractivity contribution in [2.45, 2.75) is 30.8 Å². The van der Waals surface area contributed by atoms with Crippen LogP contribution in [-0.4, -0.2) is 35.8 Å². The van der Waals surface area contributed by atoms with E-state index in [9.17, 15) is 8.42 Å². The van der Waals surface area contributed by atoms with E-state index in [1.165, 1.54) is 16.8 Å². The lowest BCUT2D eigenvalue weighted by molar-refractivity contribution is 0.349. The molecule has 114 valence electrons. The summed E-state index contributed by atoms with van der Waals surface area (Å²) in [5, 5.41) is 0.761. The molecule has 1 aromatic carbocycles.